The van der Waals surface area contributed by atoms with Crippen LogP contribution in [0.5, 0.6) is 0 Å². The van der Waals surface area contributed by atoms with Gasteiger partial charge in [-0.2, -0.15) is 0 Å². The third-order valence-corrected chi connectivity index (χ3v) is 4.80. The fourth-order valence-corrected chi connectivity index (χ4v) is 3.42. The summed E-state index contributed by atoms with van der Waals surface area (Å²) in [5.41, 5.74) is 3.31. The van der Waals surface area contributed by atoms with Crippen LogP contribution in [-0.2, 0) is 9.53 Å². The average Bonchev–Trinajstić information content (AvgIpc) is 2.95. The van der Waals surface area contributed by atoms with E-state index in [1.54, 1.807) is 30.3 Å². The van der Waals surface area contributed by atoms with Crippen LogP contribution >= 0.6 is 23.2 Å². The number of carbonyl (C=O) groups is 1. The second-order valence-corrected chi connectivity index (χ2v) is 7.14. The van der Waals surface area contributed by atoms with Crippen molar-refractivity contribution >= 4 is 40.8 Å². The van der Waals surface area contributed by atoms with Crippen molar-refractivity contribution in [2.75, 3.05) is 0 Å². The maximum Gasteiger partial charge on any atom is 0.348 e. The lowest BCUT2D eigenvalue weighted by molar-refractivity contribution is -0.131. The molecular formula is C23H14Cl2O3. The first-order valence-corrected chi connectivity index (χ1v) is 9.26. The van der Waals surface area contributed by atoms with Crippen LogP contribution in [0.1, 0.15) is 11.1 Å². The molecule has 3 aromatic rings. The monoisotopic (exact) mass is 408 g/mol. The van der Waals surface area contributed by atoms with Crippen molar-refractivity contribution < 1.29 is 14.6 Å². The van der Waals surface area contributed by atoms with Crippen molar-refractivity contribution in [2.24, 2.45) is 0 Å². The van der Waals surface area contributed by atoms with Crippen molar-refractivity contribution in [2.45, 2.75) is 0 Å². The van der Waals surface area contributed by atoms with Gasteiger partial charge in [0.2, 0.25) is 0 Å². The Balaban J connectivity index is 1.72. The van der Waals surface area contributed by atoms with Gasteiger partial charge in [0, 0.05) is 10.0 Å². The Morgan fingerprint density at radius 2 is 1.36 bits per heavy atom. The number of cyclic esters (lactones) is 1. The highest BCUT2D eigenvalue weighted by Gasteiger charge is 2.31. The summed E-state index contributed by atoms with van der Waals surface area (Å²) in [4.78, 5) is 12.3. The van der Waals surface area contributed by atoms with E-state index in [4.69, 9.17) is 27.9 Å². The molecule has 0 aromatic heterocycles. The lowest BCUT2D eigenvalue weighted by Gasteiger charge is -2.04. The second-order valence-electron chi connectivity index (χ2n) is 6.27. The number of aliphatic hydroxyl groups excluding tert-OH is 1. The maximum atomic E-state index is 12.3. The SMILES string of the molecule is O=C1O/C(=C\c2cccc(-c3cccc(Cl)c3)c2)C(O)=C1c1cccc(Cl)c1. The summed E-state index contributed by atoms with van der Waals surface area (Å²) in [5, 5.41) is 11.7. The Morgan fingerprint density at radius 3 is 2.04 bits per heavy atom. The van der Waals surface area contributed by atoms with Crippen molar-refractivity contribution in [1.82, 2.24) is 0 Å². The van der Waals surface area contributed by atoms with E-state index in [9.17, 15) is 9.90 Å². The highest BCUT2D eigenvalue weighted by molar-refractivity contribution is 6.31. The summed E-state index contributed by atoms with van der Waals surface area (Å²) in [5.74, 6) is -0.722. The molecule has 0 spiro atoms. The minimum atomic E-state index is -0.614. The summed E-state index contributed by atoms with van der Waals surface area (Å²) in [6, 6.07) is 21.9. The molecule has 4 rings (SSSR count). The number of rotatable bonds is 3. The number of esters is 1. The summed E-state index contributed by atoms with van der Waals surface area (Å²) in [6.07, 6.45) is 1.62. The average molecular weight is 409 g/mol. The number of carbonyl (C=O) groups excluding carboxylic acids is 1. The summed E-state index contributed by atoms with van der Waals surface area (Å²) in [7, 11) is 0. The Morgan fingerprint density at radius 1 is 0.786 bits per heavy atom. The highest BCUT2D eigenvalue weighted by Crippen LogP contribution is 2.34. The molecule has 1 aliphatic heterocycles. The van der Waals surface area contributed by atoms with Crippen LogP contribution in [0.4, 0.5) is 0 Å². The number of hydrogen-bond donors (Lipinski definition) is 1. The Bertz CT molecular complexity index is 1150. The number of hydrogen-bond acceptors (Lipinski definition) is 3. The van der Waals surface area contributed by atoms with E-state index in [0.717, 1.165) is 16.7 Å². The van der Waals surface area contributed by atoms with E-state index in [0.29, 0.717) is 15.6 Å². The van der Waals surface area contributed by atoms with Crippen LogP contribution in [0.2, 0.25) is 10.0 Å². The summed E-state index contributed by atoms with van der Waals surface area (Å²) >= 11 is 12.1. The predicted molar refractivity (Wildman–Crippen MR) is 112 cm³/mol. The number of aliphatic hydroxyl groups is 1. The molecule has 1 aliphatic rings. The van der Waals surface area contributed by atoms with E-state index in [-0.39, 0.29) is 17.1 Å². The molecular weight excluding hydrogens is 395 g/mol. The van der Waals surface area contributed by atoms with Gasteiger partial charge in [-0.15, -0.1) is 0 Å². The van der Waals surface area contributed by atoms with Gasteiger partial charge in [-0.25, -0.2) is 4.79 Å². The molecule has 0 saturated heterocycles. The van der Waals surface area contributed by atoms with Crippen molar-refractivity contribution in [1.29, 1.82) is 0 Å². The molecule has 3 aromatic carbocycles. The third kappa shape index (κ3) is 3.68. The Hall–Kier alpha value is -3.01. The van der Waals surface area contributed by atoms with Gasteiger partial charge >= 0.3 is 5.97 Å². The molecule has 0 aliphatic carbocycles. The molecule has 3 nitrogen and oxygen atoms in total. The first-order valence-electron chi connectivity index (χ1n) is 8.51. The van der Waals surface area contributed by atoms with Crippen LogP contribution in [-0.4, -0.2) is 11.1 Å². The van der Waals surface area contributed by atoms with E-state index in [1.165, 1.54) is 0 Å². The Kier molecular flexibility index (Phi) is 4.95. The van der Waals surface area contributed by atoms with Gasteiger partial charge in [0.1, 0.15) is 5.57 Å². The minimum absolute atomic E-state index is 0.0970. The van der Waals surface area contributed by atoms with Gasteiger partial charge in [-0.05, 0) is 58.7 Å². The lowest BCUT2D eigenvalue weighted by Crippen LogP contribution is -1.98. The molecule has 0 unspecified atom stereocenters. The molecule has 0 saturated carbocycles. The van der Waals surface area contributed by atoms with Crippen molar-refractivity contribution in [3.63, 3.8) is 0 Å². The van der Waals surface area contributed by atoms with Crippen LogP contribution in [0.15, 0.2) is 84.3 Å². The lowest BCUT2D eigenvalue weighted by atomic mass is 10.0. The quantitative estimate of drug-likeness (QED) is 0.501. The predicted octanol–water partition coefficient (Wildman–Crippen LogP) is 6.53. The number of halogens is 2. The summed E-state index contributed by atoms with van der Waals surface area (Å²) < 4.78 is 5.28. The van der Waals surface area contributed by atoms with E-state index in [1.807, 2.05) is 48.5 Å². The molecule has 28 heavy (non-hydrogen) atoms. The van der Waals surface area contributed by atoms with E-state index < -0.39 is 5.97 Å². The Labute approximate surface area is 172 Å². The molecule has 138 valence electrons. The normalized spacial score (nSPS) is 15.2. The standard InChI is InChI=1S/C23H14Cl2O3/c24-18-8-2-6-16(12-18)15-5-1-4-14(10-15)11-20-22(26)21(23(27)28-20)17-7-3-9-19(25)13-17/h1-13,26H/b20-11-. The largest absolute Gasteiger partial charge is 0.504 e. The van der Waals surface area contributed by atoms with Crippen LogP contribution in [0, 0.1) is 0 Å². The maximum absolute atomic E-state index is 12.3. The molecule has 0 bridgehead atoms. The number of ether oxygens (including phenoxy) is 1. The van der Waals surface area contributed by atoms with Gasteiger partial charge in [0.25, 0.3) is 0 Å². The van der Waals surface area contributed by atoms with Gasteiger partial charge in [0.05, 0.1) is 0 Å². The second kappa shape index (κ2) is 7.55. The number of benzene rings is 3. The van der Waals surface area contributed by atoms with Gasteiger partial charge in [-0.1, -0.05) is 65.7 Å². The first kappa shape index (κ1) is 18.4. The van der Waals surface area contributed by atoms with Crippen LogP contribution in [0.3, 0.4) is 0 Å². The van der Waals surface area contributed by atoms with Crippen LogP contribution < -0.4 is 0 Å². The van der Waals surface area contributed by atoms with Gasteiger partial charge in [0.15, 0.2) is 11.5 Å². The topological polar surface area (TPSA) is 46.5 Å². The zero-order valence-corrected chi connectivity index (χ0v) is 16.0. The first-order chi connectivity index (χ1) is 13.5. The highest BCUT2D eigenvalue weighted by atomic mass is 35.5. The summed E-state index contributed by atoms with van der Waals surface area (Å²) in [6.45, 7) is 0. The molecule has 0 fully saturated rings. The van der Waals surface area contributed by atoms with E-state index >= 15 is 0 Å². The minimum Gasteiger partial charge on any atom is -0.504 e. The van der Waals surface area contributed by atoms with Gasteiger partial charge < -0.3 is 9.84 Å². The molecule has 1 N–H and O–H groups in total. The molecule has 0 atom stereocenters. The fourth-order valence-electron chi connectivity index (χ4n) is 3.04. The molecule has 1 heterocycles. The zero-order valence-electron chi connectivity index (χ0n) is 14.5. The van der Waals surface area contributed by atoms with Crippen molar-refractivity contribution in [3.8, 4) is 11.1 Å². The molecule has 0 amide bonds. The zero-order chi connectivity index (χ0) is 19.7. The van der Waals surface area contributed by atoms with Crippen molar-refractivity contribution in [3.05, 3.63) is 105 Å². The van der Waals surface area contributed by atoms with Crippen LogP contribution in [0.25, 0.3) is 22.8 Å². The molecule has 5 heteroatoms. The van der Waals surface area contributed by atoms with E-state index in [2.05, 4.69) is 0 Å². The molecule has 0 radical (unpaired) electrons. The smallest absolute Gasteiger partial charge is 0.348 e. The third-order valence-electron chi connectivity index (χ3n) is 4.33. The fraction of sp³-hybridized carbons (Fsp3) is 0. The van der Waals surface area contributed by atoms with Gasteiger partial charge in [-0.3, -0.25) is 0 Å².